The summed E-state index contributed by atoms with van der Waals surface area (Å²) in [5.41, 5.74) is 7.70. The number of hydrogen-bond acceptors (Lipinski definition) is 7. The average Bonchev–Trinajstić information content (AvgIpc) is 3.63. The summed E-state index contributed by atoms with van der Waals surface area (Å²) >= 11 is 7.49. The van der Waals surface area contributed by atoms with Gasteiger partial charge in [-0.15, -0.1) is 0 Å². The number of nitrogens with one attached hydrogen (secondary N) is 1. The van der Waals surface area contributed by atoms with Crippen LogP contribution in [0.25, 0.3) is 21.5 Å². The van der Waals surface area contributed by atoms with Crippen molar-refractivity contribution in [2.24, 2.45) is 5.92 Å². The van der Waals surface area contributed by atoms with Gasteiger partial charge in [0, 0.05) is 69.9 Å². The van der Waals surface area contributed by atoms with Crippen LogP contribution in [0.1, 0.15) is 77.3 Å². The van der Waals surface area contributed by atoms with Crippen molar-refractivity contribution in [3.8, 4) is 0 Å². The molecule has 1 aliphatic carbocycles. The molecule has 8 rings (SSSR count). The van der Waals surface area contributed by atoms with Gasteiger partial charge in [0.25, 0.3) is 10.1 Å². The second-order valence-electron chi connectivity index (χ2n) is 18.6. The Morgan fingerprint density at radius 2 is 1.41 bits per heavy atom. The first kappa shape index (κ1) is 47.1. The van der Waals surface area contributed by atoms with Gasteiger partial charge in [0.2, 0.25) is 11.6 Å². The van der Waals surface area contributed by atoms with E-state index in [-0.39, 0.29) is 18.1 Å². The Kier molecular flexibility index (Phi) is 13.4. The molecule has 0 saturated heterocycles. The van der Waals surface area contributed by atoms with E-state index in [4.69, 9.17) is 11.6 Å². The van der Waals surface area contributed by atoms with E-state index in [1.54, 1.807) is 0 Å². The van der Waals surface area contributed by atoms with Crippen LogP contribution in [0.5, 0.6) is 0 Å². The highest BCUT2D eigenvalue weighted by Crippen LogP contribution is 2.51. The maximum absolute atomic E-state index is 14.2. The third-order valence-electron chi connectivity index (χ3n) is 13.4. The monoisotopic (exact) mass is 945 g/mol. The topological polar surface area (TPSA) is 147 Å². The molecule has 0 bridgehead atoms. The molecule has 5 aromatic rings. The van der Waals surface area contributed by atoms with Gasteiger partial charge in [0.15, 0.2) is 5.71 Å². The van der Waals surface area contributed by atoms with E-state index in [0.717, 1.165) is 61.0 Å². The van der Waals surface area contributed by atoms with Crippen molar-refractivity contribution in [2.75, 3.05) is 34.8 Å². The van der Waals surface area contributed by atoms with E-state index in [2.05, 4.69) is 103 Å². The minimum atomic E-state index is -4.35. The van der Waals surface area contributed by atoms with Crippen LogP contribution in [0.15, 0.2) is 149 Å². The minimum absolute atomic E-state index is 0.127. The van der Waals surface area contributed by atoms with Crippen molar-refractivity contribution < 1.29 is 35.3 Å². The van der Waals surface area contributed by atoms with Crippen molar-refractivity contribution in [2.45, 2.75) is 77.0 Å². The SMILES string of the molecule is CC1(C)C(/C=C/C2=C(Cl)C(=C/C=C3/N(CCCCS(=O)(=O)[O-])c4ccc5ccccc5c4C3(C)C)/CC(C(=O)Nc3ccccc3)C2)=[N+](CCCCS(=O)(=O)O)c2ccc3ccccc3c21. The number of unbranched alkanes of at least 4 members (excludes halogenated alkanes) is 2. The molecule has 5 aromatic carbocycles. The lowest BCUT2D eigenvalue weighted by Gasteiger charge is -2.28. The van der Waals surface area contributed by atoms with Crippen LogP contribution in [-0.4, -0.2) is 66.7 Å². The van der Waals surface area contributed by atoms with Gasteiger partial charge in [-0.25, -0.2) is 8.42 Å². The molecule has 2 N–H and O–H groups in total. The first-order chi connectivity index (χ1) is 31.3. The van der Waals surface area contributed by atoms with E-state index in [1.807, 2.05) is 66.7 Å². The average molecular weight is 947 g/mol. The van der Waals surface area contributed by atoms with Gasteiger partial charge in [-0.3, -0.25) is 9.35 Å². The highest BCUT2D eigenvalue weighted by atomic mass is 35.5. The molecule has 0 radical (unpaired) electrons. The number of nitrogens with zero attached hydrogens (tertiary/aromatic N) is 2. The Morgan fingerprint density at radius 3 is 2.09 bits per heavy atom. The van der Waals surface area contributed by atoms with Gasteiger partial charge in [0.05, 0.1) is 21.3 Å². The van der Waals surface area contributed by atoms with Gasteiger partial charge >= 0.3 is 0 Å². The van der Waals surface area contributed by atoms with Crippen molar-refractivity contribution in [1.29, 1.82) is 0 Å². The van der Waals surface area contributed by atoms with E-state index in [0.29, 0.717) is 55.9 Å². The van der Waals surface area contributed by atoms with Gasteiger partial charge in [0.1, 0.15) is 6.54 Å². The predicted octanol–water partition coefficient (Wildman–Crippen LogP) is 11.1. The molecular weight excluding hydrogens is 890 g/mol. The van der Waals surface area contributed by atoms with E-state index in [9.17, 15) is 30.7 Å². The first-order valence-electron chi connectivity index (χ1n) is 22.5. The summed E-state index contributed by atoms with van der Waals surface area (Å²) in [5, 5.41) is 8.15. The van der Waals surface area contributed by atoms with Crippen LogP contribution in [0, 0.1) is 5.92 Å². The zero-order valence-corrected chi connectivity index (χ0v) is 40.1. The lowest BCUT2D eigenvalue weighted by Crippen LogP contribution is -2.29. The number of rotatable bonds is 15. The van der Waals surface area contributed by atoms with E-state index >= 15 is 0 Å². The molecule has 0 aromatic heterocycles. The number of hydrogen-bond donors (Lipinski definition) is 2. The molecule has 0 saturated carbocycles. The van der Waals surface area contributed by atoms with Crippen molar-refractivity contribution in [3.63, 3.8) is 0 Å². The van der Waals surface area contributed by atoms with Gasteiger partial charge < -0.3 is 14.8 Å². The summed E-state index contributed by atoms with van der Waals surface area (Å²) in [7, 11) is -8.45. The highest BCUT2D eigenvalue weighted by molar-refractivity contribution is 7.85. The normalized spacial score (nSPS) is 19.4. The molecule has 3 aliphatic rings. The summed E-state index contributed by atoms with van der Waals surface area (Å²) in [6.45, 7) is 9.77. The Bertz CT molecular complexity index is 3120. The van der Waals surface area contributed by atoms with Crippen molar-refractivity contribution in [1.82, 2.24) is 0 Å². The second kappa shape index (κ2) is 18.7. The van der Waals surface area contributed by atoms with Gasteiger partial charge in [-0.1, -0.05) is 110 Å². The van der Waals surface area contributed by atoms with Gasteiger partial charge in [-0.05, 0) is 115 Å². The molecule has 1 unspecified atom stereocenters. The number of carbonyl (C=O) groups is 1. The molecular formula is C53H56ClN3O7S2. The molecule has 66 heavy (non-hydrogen) atoms. The predicted molar refractivity (Wildman–Crippen MR) is 267 cm³/mol. The fourth-order valence-electron chi connectivity index (χ4n) is 10.2. The third kappa shape index (κ3) is 9.85. The summed E-state index contributed by atoms with van der Waals surface area (Å²) in [6, 6.07) is 34.4. The largest absolute Gasteiger partial charge is 0.748 e. The fraction of sp³-hybridized carbons (Fsp3) is 0.321. The second-order valence-corrected chi connectivity index (χ2v) is 22.1. The van der Waals surface area contributed by atoms with Crippen LogP contribution >= 0.6 is 11.6 Å². The standard InChI is InChI=1S/C53H56ClN3O7S2/c1-52(2)46(56(30-12-14-32-65(59,60)61)44-26-22-36-16-8-10-20-42(36)48(44)52)28-24-38-34-40(51(58)55-41-18-6-5-7-19-41)35-39(50(38)54)25-29-47-53(3,4)49-43-21-11-9-17-37(43)23-27-45(49)57(47)31-13-15-33-66(62,63)64/h5-11,16-29,40H,12-15,30-35H2,1-4H3,(H2-,55,58,59,60,61,62,63,64). The number of allylic oxidation sites excluding steroid dienone is 8. The number of halogens is 1. The summed E-state index contributed by atoms with van der Waals surface area (Å²) in [4.78, 5) is 16.4. The fourth-order valence-corrected chi connectivity index (χ4v) is 11.6. The molecule has 1 amide bonds. The Labute approximate surface area is 393 Å². The number of benzene rings is 5. The van der Waals surface area contributed by atoms with E-state index in [1.165, 1.54) is 5.56 Å². The lowest BCUT2D eigenvalue weighted by molar-refractivity contribution is -0.438. The smallest absolute Gasteiger partial charge is 0.264 e. The molecule has 13 heteroatoms. The van der Waals surface area contributed by atoms with Crippen LogP contribution < -0.4 is 10.2 Å². The quantitative estimate of drug-likeness (QED) is 0.0599. The number of amides is 1. The summed E-state index contributed by atoms with van der Waals surface area (Å²) in [6.07, 6.45) is 10.5. The third-order valence-corrected chi connectivity index (χ3v) is 15.4. The van der Waals surface area contributed by atoms with Crippen molar-refractivity contribution >= 4 is 82.1 Å². The summed E-state index contributed by atoms with van der Waals surface area (Å²) in [5.74, 6) is -1.33. The minimum Gasteiger partial charge on any atom is -0.748 e. The van der Waals surface area contributed by atoms with Gasteiger partial charge in [-0.2, -0.15) is 13.0 Å². The number of para-hydroxylation sites is 1. The Balaban J connectivity index is 1.21. The zero-order valence-electron chi connectivity index (χ0n) is 37.8. The van der Waals surface area contributed by atoms with Crippen LogP contribution in [0.2, 0.25) is 0 Å². The van der Waals surface area contributed by atoms with Crippen LogP contribution in [0.3, 0.4) is 0 Å². The molecule has 2 heterocycles. The summed E-state index contributed by atoms with van der Waals surface area (Å²) < 4.78 is 69.6. The van der Waals surface area contributed by atoms with Crippen molar-refractivity contribution in [3.05, 3.63) is 160 Å². The van der Waals surface area contributed by atoms with Crippen LogP contribution in [0.4, 0.5) is 17.1 Å². The molecule has 1 atom stereocenters. The Hall–Kier alpha value is -5.37. The van der Waals surface area contributed by atoms with E-state index < -0.39 is 42.7 Å². The molecule has 0 spiro atoms. The zero-order chi connectivity index (χ0) is 47.0. The maximum Gasteiger partial charge on any atom is 0.264 e. The molecule has 344 valence electrons. The lowest BCUT2D eigenvalue weighted by atomic mass is 9.78. The molecule has 10 nitrogen and oxygen atoms in total. The first-order valence-corrected chi connectivity index (χ1v) is 26.1. The molecule has 2 aliphatic heterocycles. The maximum atomic E-state index is 14.2. The number of carbonyl (C=O) groups excluding carboxylic acids is 1. The highest BCUT2D eigenvalue weighted by Gasteiger charge is 2.46. The number of anilines is 2. The van der Waals surface area contributed by atoms with Crippen LogP contribution in [-0.2, 0) is 35.9 Å². The Morgan fingerprint density at radius 1 is 0.773 bits per heavy atom. The number of fused-ring (bicyclic) bond motifs is 6. The molecule has 0 fully saturated rings.